The third kappa shape index (κ3) is 3.16. The first-order valence-corrected chi connectivity index (χ1v) is 6.58. The third-order valence-corrected chi connectivity index (χ3v) is 3.33. The normalized spacial score (nSPS) is 20.6. The molecule has 0 aromatic carbocycles. The maximum Gasteiger partial charge on any atom is 0.151 e. The smallest absolute Gasteiger partial charge is 0.151 e. The highest BCUT2D eigenvalue weighted by Gasteiger charge is 2.23. The Morgan fingerprint density at radius 3 is 3.12 bits per heavy atom. The predicted octanol–water partition coefficient (Wildman–Crippen LogP) is 1.75. The van der Waals surface area contributed by atoms with E-state index in [1.165, 1.54) is 24.8 Å². The second-order valence-electron chi connectivity index (χ2n) is 4.74. The van der Waals surface area contributed by atoms with E-state index < -0.39 is 0 Å². The lowest BCUT2D eigenvalue weighted by Gasteiger charge is -2.36. The van der Waals surface area contributed by atoms with Crippen molar-refractivity contribution in [3.63, 3.8) is 0 Å². The number of anilines is 1. The summed E-state index contributed by atoms with van der Waals surface area (Å²) in [4.78, 5) is 2.41. The summed E-state index contributed by atoms with van der Waals surface area (Å²) in [5, 5.41) is 11.8. The summed E-state index contributed by atoms with van der Waals surface area (Å²) in [6, 6.07) is 2.71. The van der Waals surface area contributed by atoms with E-state index in [-0.39, 0.29) is 0 Å². The van der Waals surface area contributed by atoms with Crippen LogP contribution in [0.1, 0.15) is 31.7 Å². The van der Waals surface area contributed by atoms with Gasteiger partial charge in [0, 0.05) is 19.1 Å². The topological polar surface area (TPSA) is 41.0 Å². The Bertz CT molecular complexity index is 353. The third-order valence-electron chi connectivity index (χ3n) is 3.33. The van der Waals surface area contributed by atoms with Gasteiger partial charge in [0.05, 0.1) is 6.20 Å². The molecule has 0 spiro atoms. The first-order chi connectivity index (χ1) is 8.31. The van der Waals surface area contributed by atoms with Gasteiger partial charge in [-0.05, 0) is 44.4 Å². The molecule has 0 aliphatic carbocycles. The average molecular weight is 234 g/mol. The molecule has 0 amide bonds. The molecule has 1 unspecified atom stereocenters. The van der Waals surface area contributed by atoms with Crippen molar-refractivity contribution in [2.75, 3.05) is 24.5 Å². The standard InChI is InChI=1S/C13H22N4/c1-3-14-10-12-6-4-5-7-17(12)13-8-11(2)9-15-16-13/h8-9,12,14H,3-7,10H2,1-2H3. The maximum absolute atomic E-state index is 4.27. The Balaban J connectivity index is 2.10. The summed E-state index contributed by atoms with van der Waals surface area (Å²) < 4.78 is 0. The maximum atomic E-state index is 4.27. The van der Waals surface area contributed by atoms with Crippen LogP contribution in [-0.2, 0) is 0 Å². The van der Waals surface area contributed by atoms with Crippen molar-refractivity contribution in [3.8, 4) is 0 Å². The molecular formula is C13H22N4. The Hall–Kier alpha value is -1.16. The van der Waals surface area contributed by atoms with E-state index in [4.69, 9.17) is 0 Å². The van der Waals surface area contributed by atoms with Gasteiger partial charge in [0.15, 0.2) is 5.82 Å². The Kier molecular flexibility index (Phi) is 4.31. The Morgan fingerprint density at radius 1 is 1.47 bits per heavy atom. The lowest BCUT2D eigenvalue weighted by molar-refractivity contribution is 0.435. The number of hydrogen-bond acceptors (Lipinski definition) is 4. The van der Waals surface area contributed by atoms with Crippen molar-refractivity contribution < 1.29 is 0 Å². The van der Waals surface area contributed by atoms with Gasteiger partial charge >= 0.3 is 0 Å². The van der Waals surface area contributed by atoms with Crippen LogP contribution in [0.25, 0.3) is 0 Å². The van der Waals surface area contributed by atoms with Crippen molar-refractivity contribution in [1.82, 2.24) is 15.5 Å². The van der Waals surface area contributed by atoms with Crippen molar-refractivity contribution >= 4 is 5.82 Å². The molecule has 17 heavy (non-hydrogen) atoms. The van der Waals surface area contributed by atoms with E-state index in [9.17, 15) is 0 Å². The highest BCUT2D eigenvalue weighted by atomic mass is 15.3. The minimum atomic E-state index is 0.569. The van der Waals surface area contributed by atoms with Gasteiger partial charge in [-0.15, -0.1) is 5.10 Å². The van der Waals surface area contributed by atoms with Crippen LogP contribution in [0.2, 0.25) is 0 Å². The lowest BCUT2D eigenvalue weighted by Crippen LogP contribution is -2.46. The lowest BCUT2D eigenvalue weighted by atomic mass is 10.0. The first kappa shape index (κ1) is 12.3. The number of nitrogens with one attached hydrogen (secondary N) is 1. The van der Waals surface area contributed by atoms with Gasteiger partial charge in [-0.3, -0.25) is 0 Å². The molecule has 0 saturated carbocycles. The molecule has 1 atom stereocenters. The summed E-state index contributed by atoms with van der Waals surface area (Å²) in [5.41, 5.74) is 1.18. The largest absolute Gasteiger partial charge is 0.351 e. The zero-order valence-corrected chi connectivity index (χ0v) is 10.8. The van der Waals surface area contributed by atoms with Crippen LogP contribution < -0.4 is 10.2 Å². The zero-order chi connectivity index (χ0) is 12.1. The number of nitrogens with zero attached hydrogens (tertiary/aromatic N) is 3. The van der Waals surface area contributed by atoms with E-state index in [1.807, 2.05) is 6.20 Å². The number of likely N-dealkylation sites (N-methyl/N-ethyl adjacent to an activating group) is 1. The van der Waals surface area contributed by atoms with E-state index in [0.29, 0.717) is 6.04 Å². The van der Waals surface area contributed by atoms with Gasteiger partial charge in [-0.1, -0.05) is 6.92 Å². The van der Waals surface area contributed by atoms with E-state index in [2.05, 4.69) is 40.3 Å². The molecule has 0 radical (unpaired) electrons. The molecule has 1 aromatic heterocycles. The fourth-order valence-corrected chi connectivity index (χ4v) is 2.41. The van der Waals surface area contributed by atoms with Gasteiger partial charge in [-0.2, -0.15) is 5.10 Å². The zero-order valence-electron chi connectivity index (χ0n) is 10.8. The van der Waals surface area contributed by atoms with Crippen molar-refractivity contribution in [2.45, 2.75) is 39.2 Å². The van der Waals surface area contributed by atoms with Crippen molar-refractivity contribution in [3.05, 3.63) is 17.8 Å². The van der Waals surface area contributed by atoms with Gasteiger partial charge < -0.3 is 10.2 Å². The number of piperidine rings is 1. The Labute approximate surface area is 103 Å². The molecule has 0 bridgehead atoms. The molecule has 4 heteroatoms. The average Bonchev–Trinajstić information content (AvgIpc) is 2.37. The summed E-state index contributed by atoms with van der Waals surface area (Å²) >= 11 is 0. The number of hydrogen-bond donors (Lipinski definition) is 1. The quantitative estimate of drug-likeness (QED) is 0.862. The van der Waals surface area contributed by atoms with Gasteiger partial charge in [0.1, 0.15) is 0 Å². The SMILES string of the molecule is CCNCC1CCCCN1c1cc(C)cnn1. The fourth-order valence-electron chi connectivity index (χ4n) is 2.41. The predicted molar refractivity (Wildman–Crippen MR) is 70.3 cm³/mol. The second kappa shape index (κ2) is 5.96. The first-order valence-electron chi connectivity index (χ1n) is 6.58. The van der Waals surface area contributed by atoms with Crippen molar-refractivity contribution in [2.24, 2.45) is 0 Å². The molecule has 1 aliphatic heterocycles. The van der Waals surface area contributed by atoms with Crippen LogP contribution >= 0.6 is 0 Å². The van der Waals surface area contributed by atoms with Crippen LogP contribution in [0.4, 0.5) is 5.82 Å². The molecule has 1 aliphatic rings. The van der Waals surface area contributed by atoms with Crippen molar-refractivity contribution in [1.29, 1.82) is 0 Å². The number of aryl methyl sites for hydroxylation is 1. The van der Waals surface area contributed by atoms with Crippen LogP contribution in [0.5, 0.6) is 0 Å². The monoisotopic (exact) mass is 234 g/mol. The summed E-state index contributed by atoms with van der Waals surface area (Å²) in [5.74, 6) is 1.03. The summed E-state index contributed by atoms with van der Waals surface area (Å²) in [6.07, 6.45) is 5.65. The van der Waals surface area contributed by atoms with Gasteiger partial charge in [-0.25, -0.2) is 0 Å². The van der Waals surface area contributed by atoms with E-state index in [0.717, 1.165) is 25.5 Å². The number of rotatable bonds is 4. The number of aromatic nitrogens is 2. The van der Waals surface area contributed by atoms with E-state index in [1.54, 1.807) is 0 Å². The molecule has 1 saturated heterocycles. The van der Waals surface area contributed by atoms with Crippen LogP contribution in [-0.4, -0.2) is 35.9 Å². The Morgan fingerprint density at radius 2 is 2.35 bits per heavy atom. The molecule has 1 N–H and O–H groups in total. The molecule has 2 rings (SSSR count). The molecule has 94 valence electrons. The summed E-state index contributed by atoms with van der Waals surface area (Å²) in [7, 11) is 0. The minimum absolute atomic E-state index is 0.569. The van der Waals surface area contributed by atoms with Crippen LogP contribution in [0.3, 0.4) is 0 Å². The minimum Gasteiger partial charge on any atom is -0.351 e. The van der Waals surface area contributed by atoms with Crippen LogP contribution in [0.15, 0.2) is 12.3 Å². The second-order valence-corrected chi connectivity index (χ2v) is 4.74. The molecular weight excluding hydrogens is 212 g/mol. The molecule has 1 aromatic rings. The highest BCUT2D eigenvalue weighted by Crippen LogP contribution is 2.22. The molecule has 1 fully saturated rings. The van der Waals surface area contributed by atoms with Gasteiger partial charge in [0.2, 0.25) is 0 Å². The molecule has 4 nitrogen and oxygen atoms in total. The summed E-state index contributed by atoms with van der Waals surface area (Å²) in [6.45, 7) is 7.41. The molecule has 2 heterocycles. The fraction of sp³-hybridized carbons (Fsp3) is 0.692. The highest BCUT2D eigenvalue weighted by molar-refractivity contribution is 5.41. The van der Waals surface area contributed by atoms with Gasteiger partial charge in [0.25, 0.3) is 0 Å². The van der Waals surface area contributed by atoms with E-state index >= 15 is 0 Å². The van der Waals surface area contributed by atoms with Crippen LogP contribution in [0, 0.1) is 6.92 Å².